The fourth-order valence-electron chi connectivity index (χ4n) is 2.24. The molecule has 0 radical (unpaired) electrons. The summed E-state index contributed by atoms with van der Waals surface area (Å²) in [4.78, 5) is 0. The zero-order chi connectivity index (χ0) is 8.55. The van der Waals surface area contributed by atoms with E-state index >= 15 is 0 Å². The molecule has 1 heterocycles. The largest absolute Gasteiger partial charge is 0.472 e. The second kappa shape index (κ2) is 2.94. The van der Waals surface area contributed by atoms with Crippen molar-refractivity contribution < 1.29 is 4.42 Å². The van der Waals surface area contributed by atoms with Gasteiger partial charge in [-0.15, -0.1) is 0 Å². The minimum Gasteiger partial charge on any atom is -0.472 e. The maximum absolute atomic E-state index is 5.57. The molecule has 1 aliphatic rings. The molecule has 0 aliphatic heterocycles. The van der Waals surface area contributed by atoms with E-state index in [0.717, 1.165) is 25.3 Å². The Morgan fingerprint density at radius 2 is 2.42 bits per heavy atom. The van der Waals surface area contributed by atoms with Crippen LogP contribution in [-0.4, -0.2) is 6.54 Å². The van der Waals surface area contributed by atoms with E-state index in [9.17, 15) is 0 Å². The van der Waals surface area contributed by atoms with E-state index < -0.39 is 0 Å². The van der Waals surface area contributed by atoms with Crippen molar-refractivity contribution in [3.05, 3.63) is 23.7 Å². The molecular weight excluding hydrogens is 150 g/mol. The lowest BCUT2D eigenvalue weighted by atomic mass is 9.92. The number of hydrogen-bond acceptors (Lipinski definition) is 2. The summed E-state index contributed by atoms with van der Waals surface area (Å²) < 4.78 is 5.17. The molecule has 2 nitrogen and oxygen atoms in total. The molecule has 66 valence electrons. The van der Waals surface area contributed by atoms with E-state index in [4.69, 9.17) is 10.2 Å². The lowest BCUT2D eigenvalue weighted by Crippen LogP contribution is -2.10. The predicted octanol–water partition coefficient (Wildman–Crippen LogP) is 1.90. The molecule has 2 atom stereocenters. The summed E-state index contributed by atoms with van der Waals surface area (Å²) in [6.07, 6.45) is 6.02. The minimum atomic E-state index is 0.642. The third-order valence-corrected chi connectivity index (χ3v) is 2.88. The second-order valence-corrected chi connectivity index (χ2v) is 3.72. The third kappa shape index (κ3) is 1.07. The van der Waals surface area contributed by atoms with Crippen molar-refractivity contribution in [1.29, 1.82) is 0 Å². The zero-order valence-electron chi connectivity index (χ0n) is 7.42. The van der Waals surface area contributed by atoms with Crippen LogP contribution >= 0.6 is 0 Å². The summed E-state index contributed by atoms with van der Waals surface area (Å²) in [5.41, 5.74) is 8.35. The van der Waals surface area contributed by atoms with Crippen LogP contribution in [0.1, 0.15) is 30.4 Å². The van der Waals surface area contributed by atoms with Crippen LogP contribution in [0.5, 0.6) is 0 Å². The molecule has 12 heavy (non-hydrogen) atoms. The van der Waals surface area contributed by atoms with Crippen molar-refractivity contribution in [2.45, 2.75) is 25.7 Å². The lowest BCUT2D eigenvalue weighted by molar-refractivity contribution is 0.455. The lowest BCUT2D eigenvalue weighted by Gasteiger charge is -2.13. The maximum Gasteiger partial charge on any atom is 0.0940 e. The van der Waals surface area contributed by atoms with Gasteiger partial charge in [-0.2, -0.15) is 0 Å². The first kappa shape index (κ1) is 7.87. The summed E-state index contributed by atoms with van der Waals surface area (Å²) in [6.45, 7) is 3.07. The summed E-state index contributed by atoms with van der Waals surface area (Å²) >= 11 is 0. The van der Waals surface area contributed by atoms with Crippen LogP contribution in [0.25, 0.3) is 0 Å². The Hall–Kier alpha value is -0.760. The first-order valence-corrected chi connectivity index (χ1v) is 4.58. The predicted molar refractivity (Wildman–Crippen MR) is 48.0 cm³/mol. The van der Waals surface area contributed by atoms with Gasteiger partial charge in [-0.05, 0) is 42.3 Å². The monoisotopic (exact) mass is 165 g/mol. The van der Waals surface area contributed by atoms with Gasteiger partial charge in [0.2, 0.25) is 0 Å². The van der Waals surface area contributed by atoms with Crippen LogP contribution < -0.4 is 5.73 Å². The molecule has 2 heteroatoms. The van der Waals surface area contributed by atoms with Crippen molar-refractivity contribution >= 4 is 0 Å². The van der Waals surface area contributed by atoms with Crippen LogP contribution in [-0.2, 0) is 6.42 Å². The fraction of sp³-hybridized carbons (Fsp3) is 0.600. The molecule has 1 aromatic rings. The molecule has 0 bridgehead atoms. The molecule has 0 aromatic carbocycles. The molecule has 0 saturated carbocycles. The molecule has 0 spiro atoms. The van der Waals surface area contributed by atoms with Gasteiger partial charge in [0.25, 0.3) is 0 Å². The van der Waals surface area contributed by atoms with Crippen molar-refractivity contribution in [2.75, 3.05) is 6.54 Å². The number of nitrogens with two attached hydrogens (primary N) is 1. The van der Waals surface area contributed by atoms with Crippen molar-refractivity contribution in [2.24, 2.45) is 11.7 Å². The Balaban J connectivity index is 2.23. The average molecular weight is 165 g/mol. The Bertz CT molecular complexity index is 267. The topological polar surface area (TPSA) is 39.2 Å². The van der Waals surface area contributed by atoms with Crippen LogP contribution in [0.2, 0.25) is 0 Å². The SMILES string of the molecule is CC1Cc2cocc2C1CCN. The molecular formula is C10H15NO. The highest BCUT2D eigenvalue weighted by Crippen LogP contribution is 2.39. The van der Waals surface area contributed by atoms with Crippen LogP contribution in [0.4, 0.5) is 0 Å². The van der Waals surface area contributed by atoms with Crippen LogP contribution in [0, 0.1) is 5.92 Å². The van der Waals surface area contributed by atoms with E-state index in [1.807, 2.05) is 12.5 Å². The Morgan fingerprint density at radius 1 is 1.58 bits per heavy atom. The first-order valence-electron chi connectivity index (χ1n) is 4.58. The molecule has 2 unspecified atom stereocenters. The number of rotatable bonds is 2. The summed E-state index contributed by atoms with van der Waals surface area (Å²) in [7, 11) is 0. The highest BCUT2D eigenvalue weighted by Gasteiger charge is 2.29. The van der Waals surface area contributed by atoms with E-state index in [-0.39, 0.29) is 0 Å². The molecule has 0 saturated heterocycles. The molecule has 2 rings (SSSR count). The second-order valence-electron chi connectivity index (χ2n) is 3.72. The standard InChI is InChI=1S/C10H15NO/c1-7-4-8-5-12-6-10(8)9(7)2-3-11/h5-7,9H,2-4,11H2,1H3. The highest BCUT2D eigenvalue weighted by molar-refractivity contribution is 5.31. The zero-order valence-corrected chi connectivity index (χ0v) is 7.42. The number of hydrogen-bond donors (Lipinski definition) is 1. The van der Waals surface area contributed by atoms with Crippen molar-refractivity contribution in [3.8, 4) is 0 Å². The summed E-state index contributed by atoms with van der Waals surface area (Å²) in [5, 5.41) is 0. The molecule has 0 amide bonds. The van der Waals surface area contributed by atoms with Crippen LogP contribution in [0.3, 0.4) is 0 Å². The van der Waals surface area contributed by atoms with Crippen molar-refractivity contribution in [1.82, 2.24) is 0 Å². The van der Waals surface area contributed by atoms with Crippen LogP contribution in [0.15, 0.2) is 16.9 Å². The average Bonchev–Trinajstić information content (AvgIpc) is 2.56. The number of fused-ring (bicyclic) bond motifs is 1. The normalized spacial score (nSPS) is 27.5. The van der Waals surface area contributed by atoms with Gasteiger partial charge in [-0.1, -0.05) is 6.92 Å². The maximum atomic E-state index is 5.57. The van der Waals surface area contributed by atoms with Gasteiger partial charge in [0.1, 0.15) is 0 Å². The Labute approximate surface area is 72.7 Å². The third-order valence-electron chi connectivity index (χ3n) is 2.88. The van der Waals surface area contributed by atoms with Gasteiger partial charge in [0.05, 0.1) is 12.5 Å². The Kier molecular flexibility index (Phi) is 1.93. The van der Waals surface area contributed by atoms with Gasteiger partial charge in [-0.25, -0.2) is 0 Å². The fourth-order valence-corrected chi connectivity index (χ4v) is 2.24. The Morgan fingerprint density at radius 3 is 3.17 bits per heavy atom. The number of furan rings is 1. The van der Waals surface area contributed by atoms with Gasteiger partial charge in [-0.3, -0.25) is 0 Å². The molecule has 1 aromatic heterocycles. The summed E-state index contributed by atoms with van der Waals surface area (Å²) in [6, 6.07) is 0. The smallest absolute Gasteiger partial charge is 0.0940 e. The minimum absolute atomic E-state index is 0.642. The van der Waals surface area contributed by atoms with Gasteiger partial charge < -0.3 is 10.2 Å². The van der Waals surface area contributed by atoms with E-state index in [1.165, 1.54) is 11.1 Å². The van der Waals surface area contributed by atoms with E-state index in [2.05, 4.69) is 6.92 Å². The summed E-state index contributed by atoms with van der Waals surface area (Å²) in [5.74, 6) is 1.39. The van der Waals surface area contributed by atoms with Gasteiger partial charge >= 0.3 is 0 Å². The molecule has 1 aliphatic carbocycles. The quantitative estimate of drug-likeness (QED) is 0.727. The van der Waals surface area contributed by atoms with E-state index in [1.54, 1.807) is 0 Å². The van der Waals surface area contributed by atoms with Crippen molar-refractivity contribution in [3.63, 3.8) is 0 Å². The molecule has 0 fully saturated rings. The first-order chi connectivity index (χ1) is 5.83. The van der Waals surface area contributed by atoms with Gasteiger partial charge in [0, 0.05) is 0 Å². The van der Waals surface area contributed by atoms with Gasteiger partial charge in [0.15, 0.2) is 0 Å². The van der Waals surface area contributed by atoms with E-state index in [0.29, 0.717) is 5.92 Å². The molecule has 2 N–H and O–H groups in total. The highest BCUT2D eigenvalue weighted by atomic mass is 16.3.